The molecule has 0 saturated heterocycles. The fourth-order valence-electron chi connectivity index (χ4n) is 2.84. The maximum atomic E-state index is 12.4. The van der Waals surface area contributed by atoms with Crippen molar-refractivity contribution in [1.29, 1.82) is 0 Å². The molecule has 2 N–H and O–H groups in total. The minimum atomic E-state index is -0.950. The van der Waals surface area contributed by atoms with Gasteiger partial charge in [0.15, 0.2) is 5.75 Å². The van der Waals surface area contributed by atoms with Crippen LogP contribution in [0.5, 0.6) is 11.5 Å². The van der Waals surface area contributed by atoms with E-state index in [1.165, 1.54) is 19.2 Å². The molecule has 152 valence electrons. The average Bonchev–Trinajstić information content (AvgIpc) is 2.60. The van der Waals surface area contributed by atoms with Crippen molar-refractivity contribution in [2.75, 3.05) is 13.7 Å². The second-order valence-corrected chi connectivity index (χ2v) is 6.29. The van der Waals surface area contributed by atoms with Crippen molar-refractivity contribution < 1.29 is 28.7 Å². The molecule has 0 aliphatic carbocycles. The molecule has 0 fully saturated rings. The van der Waals surface area contributed by atoms with Crippen LogP contribution < -0.4 is 20.1 Å². The van der Waals surface area contributed by atoms with Crippen LogP contribution in [0.4, 0.5) is 10.5 Å². The molecule has 1 aliphatic rings. The number of methoxy groups -OCH3 is 1. The summed E-state index contributed by atoms with van der Waals surface area (Å²) in [6, 6.07) is 1.25. The largest absolute Gasteiger partial charge is 0.493 e. The Hall–Kier alpha value is -3.30. The molecule has 1 unspecified atom stereocenters. The van der Waals surface area contributed by atoms with Gasteiger partial charge in [-0.15, -0.1) is 0 Å². The van der Waals surface area contributed by atoms with E-state index in [-0.39, 0.29) is 41.0 Å². The Bertz CT molecular complexity index is 833. The molecule has 0 aromatic heterocycles. The van der Waals surface area contributed by atoms with Gasteiger partial charge in [0.05, 0.1) is 36.4 Å². The Morgan fingerprint density at radius 1 is 1.36 bits per heavy atom. The molecule has 10 nitrogen and oxygen atoms in total. The van der Waals surface area contributed by atoms with E-state index in [2.05, 4.69) is 10.6 Å². The number of urea groups is 1. The fraction of sp³-hybridized carbons (Fsp3) is 0.444. The van der Waals surface area contributed by atoms with Gasteiger partial charge >= 0.3 is 17.7 Å². The van der Waals surface area contributed by atoms with Gasteiger partial charge in [0.1, 0.15) is 0 Å². The van der Waals surface area contributed by atoms with E-state index in [0.717, 1.165) is 0 Å². The molecule has 0 spiro atoms. The molecule has 1 aromatic carbocycles. The van der Waals surface area contributed by atoms with Gasteiger partial charge in [-0.3, -0.25) is 10.1 Å². The van der Waals surface area contributed by atoms with Gasteiger partial charge in [0.2, 0.25) is 5.75 Å². The Morgan fingerprint density at radius 2 is 2.04 bits per heavy atom. The molecule has 10 heteroatoms. The van der Waals surface area contributed by atoms with Crippen molar-refractivity contribution >= 4 is 17.7 Å². The zero-order valence-electron chi connectivity index (χ0n) is 16.3. The minimum absolute atomic E-state index is 0.0232. The van der Waals surface area contributed by atoms with E-state index < -0.39 is 23.0 Å². The number of benzene rings is 1. The molecular weight excluding hydrogens is 370 g/mol. The highest BCUT2D eigenvalue weighted by atomic mass is 16.6. The van der Waals surface area contributed by atoms with Crippen LogP contribution in [0.3, 0.4) is 0 Å². The van der Waals surface area contributed by atoms with Crippen LogP contribution in [0.1, 0.15) is 39.3 Å². The van der Waals surface area contributed by atoms with Gasteiger partial charge in [0.25, 0.3) is 0 Å². The lowest BCUT2D eigenvalue weighted by Crippen LogP contribution is -2.45. The third-order valence-electron chi connectivity index (χ3n) is 3.93. The fourth-order valence-corrected chi connectivity index (χ4v) is 2.84. The minimum Gasteiger partial charge on any atom is -0.493 e. The summed E-state index contributed by atoms with van der Waals surface area (Å²) in [6.07, 6.45) is -0.325. The summed E-state index contributed by atoms with van der Waals surface area (Å²) < 4.78 is 15.9. The smallest absolute Gasteiger partial charge is 0.338 e. The highest BCUT2D eigenvalue weighted by molar-refractivity contribution is 5.95. The number of nitro groups is 1. The van der Waals surface area contributed by atoms with Crippen LogP contribution in [-0.2, 0) is 9.53 Å². The zero-order valence-corrected chi connectivity index (χ0v) is 16.3. The number of hydrogen-bond acceptors (Lipinski definition) is 7. The summed E-state index contributed by atoms with van der Waals surface area (Å²) in [7, 11) is 1.35. The van der Waals surface area contributed by atoms with E-state index in [1.807, 2.05) is 0 Å². The number of carbonyl (C=O) groups is 2. The number of nitro benzene ring substituents is 1. The topological polar surface area (TPSA) is 129 Å². The normalized spacial score (nSPS) is 16.4. The van der Waals surface area contributed by atoms with Gasteiger partial charge in [-0.25, -0.2) is 9.59 Å². The van der Waals surface area contributed by atoms with Crippen molar-refractivity contribution in [2.45, 2.75) is 39.8 Å². The predicted octanol–water partition coefficient (Wildman–Crippen LogP) is 2.58. The summed E-state index contributed by atoms with van der Waals surface area (Å²) in [5.41, 5.74) is 0.403. The molecule has 28 heavy (non-hydrogen) atoms. The van der Waals surface area contributed by atoms with Crippen molar-refractivity contribution in [2.24, 2.45) is 0 Å². The van der Waals surface area contributed by atoms with Gasteiger partial charge in [0, 0.05) is 11.8 Å². The molecule has 0 bridgehead atoms. The molecule has 1 atom stereocenters. The van der Waals surface area contributed by atoms with Gasteiger partial charge < -0.3 is 24.8 Å². The van der Waals surface area contributed by atoms with Crippen molar-refractivity contribution in [3.63, 3.8) is 0 Å². The molecule has 2 rings (SSSR count). The molecular formula is C18H23N3O7. The number of hydrogen-bond donors (Lipinski definition) is 2. The van der Waals surface area contributed by atoms with E-state index in [0.29, 0.717) is 5.70 Å². The zero-order chi connectivity index (χ0) is 21.0. The summed E-state index contributed by atoms with van der Waals surface area (Å²) in [6.45, 7) is 6.81. The highest BCUT2D eigenvalue weighted by Crippen LogP contribution is 2.42. The summed E-state index contributed by atoms with van der Waals surface area (Å²) in [5, 5.41) is 16.7. The number of nitrogens with one attached hydrogen (secondary N) is 2. The molecule has 0 saturated carbocycles. The quantitative estimate of drug-likeness (QED) is 0.414. The van der Waals surface area contributed by atoms with Crippen LogP contribution in [0.25, 0.3) is 0 Å². The second kappa shape index (κ2) is 8.59. The third-order valence-corrected chi connectivity index (χ3v) is 3.93. The Balaban J connectivity index is 2.65. The summed E-state index contributed by atoms with van der Waals surface area (Å²) in [5.74, 6) is -0.543. The van der Waals surface area contributed by atoms with Crippen molar-refractivity contribution in [3.05, 3.63) is 39.1 Å². The lowest BCUT2D eigenvalue weighted by atomic mass is 9.94. The lowest BCUT2D eigenvalue weighted by molar-refractivity contribution is -0.386. The number of esters is 1. The third kappa shape index (κ3) is 4.33. The standard InChI is InChI=1S/C18H23N3O7/c1-6-27-17(22)14-10(4)19-18(23)20-15(14)11-7-12(21(24)25)16(28-9(2)3)13(8-11)26-5/h7-9,15H,6H2,1-5H3,(H2,19,20,23). The molecule has 2 amide bonds. The van der Waals surface area contributed by atoms with Crippen LogP contribution in [0, 0.1) is 10.1 Å². The van der Waals surface area contributed by atoms with E-state index in [4.69, 9.17) is 14.2 Å². The van der Waals surface area contributed by atoms with Gasteiger partial charge in [-0.1, -0.05) is 0 Å². The van der Waals surface area contributed by atoms with Crippen LogP contribution >= 0.6 is 0 Å². The lowest BCUT2D eigenvalue weighted by Gasteiger charge is -2.28. The summed E-state index contributed by atoms with van der Waals surface area (Å²) in [4.78, 5) is 35.4. The van der Waals surface area contributed by atoms with Crippen LogP contribution in [0.2, 0.25) is 0 Å². The van der Waals surface area contributed by atoms with Gasteiger partial charge in [-0.2, -0.15) is 0 Å². The number of ether oxygens (including phenoxy) is 3. The first-order chi connectivity index (χ1) is 13.2. The van der Waals surface area contributed by atoms with Crippen molar-refractivity contribution in [1.82, 2.24) is 10.6 Å². The SMILES string of the molecule is CCOC(=O)C1=C(C)NC(=O)NC1c1cc(OC)c(OC(C)C)c([N+](=O)[O-])c1. The Labute approximate surface area is 162 Å². The number of amides is 2. The first kappa shape index (κ1) is 21.0. The monoisotopic (exact) mass is 393 g/mol. The Morgan fingerprint density at radius 3 is 2.57 bits per heavy atom. The number of rotatable bonds is 7. The maximum Gasteiger partial charge on any atom is 0.338 e. The number of carbonyl (C=O) groups excluding carboxylic acids is 2. The van der Waals surface area contributed by atoms with E-state index >= 15 is 0 Å². The van der Waals surface area contributed by atoms with Crippen molar-refractivity contribution in [3.8, 4) is 11.5 Å². The van der Waals surface area contributed by atoms with E-state index in [1.54, 1.807) is 27.7 Å². The molecule has 1 aliphatic heterocycles. The maximum absolute atomic E-state index is 12.4. The molecule has 1 aromatic rings. The average molecular weight is 393 g/mol. The molecule has 1 heterocycles. The number of nitrogens with zero attached hydrogens (tertiary/aromatic N) is 1. The highest BCUT2D eigenvalue weighted by Gasteiger charge is 2.35. The van der Waals surface area contributed by atoms with Crippen LogP contribution in [0.15, 0.2) is 23.4 Å². The van der Waals surface area contributed by atoms with Gasteiger partial charge in [-0.05, 0) is 39.3 Å². The summed E-state index contributed by atoms with van der Waals surface area (Å²) >= 11 is 0. The Kier molecular flexibility index (Phi) is 6.45. The molecule has 0 radical (unpaired) electrons. The first-order valence-corrected chi connectivity index (χ1v) is 8.67. The first-order valence-electron chi connectivity index (χ1n) is 8.67. The second-order valence-electron chi connectivity index (χ2n) is 6.29. The van der Waals surface area contributed by atoms with Crippen LogP contribution in [-0.4, -0.2) is 36.7 Å². The van der Waals surface area contributed by atoms with E-state index in [9.17, 15) is 19.7 Å². The number of allylic oxidation sites excluding steroid dienone is 1. The predicted molar refractivity (Wildman–Crippen MR) is 99.2 cm³/mol.